The molecule has 1 atom stereocenters. The van der Waals surface area contributed by atoms with E-state index in [2.05, 4.69) is 27.1 Å². The molecule has 1 aliphatic rings. The van der Waals surface area contributed by atoms with Crippen molar-refractivity contribution in [2.45, 2.75) is 32.9 Å². The van der Waals surface area contributed by atoms with Gasteiger partial charge in [-0.2, -0.15) is 0 Å². The van der Waals surface area contributed by atoms with E-state index in [1.54, 1.807) is 11.3 Å². The van der Waals surface area contributed by atoms with E-state index < -0.39 is 0 Å². The van der Waals surface area contributed by atoms with Gasteiger partial charge in [0, 0.05) is 18.5 Å². The van der Waals surface area contributed by atoms with Crippen LogP contribution in [0.5, 0.6) is 0 Å². The number of nitrogens with one attached hydrogen (secondary N) is 1. The molecule has 0 aliphatic carbocycles. The van der Waals surface area contributed by atoms with Crippen molar-refractivity contribution >= 4 is 43.9 Å². The number of carbonyl (C=O) groups is 1. The van der Waals surface area contributed by atoms with Crippen LogP contribution in [0.1, 0.15) is 30.5 Å². The van der Waals surface area contributed by atoms with Crippen LogP contribution in [-0.4, -0.2) is 40.5 Å². The molecule has 3 aromatic rings. The third-order valence-electron chi connectivity index (χ3n) is 4.72. The maximum atomic E-state index is 12.1. The lowest BCUT2D eigenvalue weighted by atomic mass is 10.0. The number of fused-ring (bicyclic) bond motifs is 1. The van der Waals surface area contributed by atoms with Gasteiger partial charge in [-0.1, -0.05) is 19.1 Å². The Hall–Kier alpha value is -1.87. The second-order valence-corrected chi connectivity index (χ2v) is 9.22. The third kappa shape index (κ3) is 5.14. The number of nitrogens with zero attached hydrogens (tertiary/aromatic N) is 3. The van der Waals surface area contributed by atoms with Crippen LogP contribution in [0.25, 0.3) is 10.2 Å². The normalized spacial score (nSPS) is 17.8. The van der Waals surface area contributed by atoms with Gasteiger partial charge in [0.25, 0.3) is 5.91 Å². The smallest absolute Gasteiger partial charge is 0.252 e. The number of carbonyl (C=O) groups excluding carboxylic acids is 1. The minimum Gasteiger partial charge on any atom is -0.364 e. The fourth-order valence-corrected chi connectivity index (χ4v) is 5.09. The Morgan fingerprint density at radius 2 is 2.25 bits per heavy atom. The Morgan fingerprint density at radius 1 is 1.36 bits per heavy atom. The topological polar surface area (TPSA) is 67.4 Å². The van der Waals surface area contributed by atoms with E-state index in [1.165, 1.54) is 24.2 Å². The van der Waals surface area contributed by atoms with Gasteiger partial charge in [0.1, 0.15) is 11.6 Å². The third-order valence-corrected chi connectivity index (χ3v) is 6.54. The average Bonchev–Trinajstić information content (AvgIpc) is 3.28. The highest BCUT2D eigenvalue weighted by Crippen LogP contribution is 2.22. The van der Waals surface area contributed by atoms with Crippen molar-refractivity contribution in [3.8, 4) is 0 Å². The lowest BCUT2D eigenvalue weighted by molar-refractivity contribution is -0.121. The summed E-state index contributed by atoms with van der Waals surface area (Å²) in [5, 5.41) is 6.36. The quantitative estimate of drug-likeness (QED) is 0.627. The first-order chi connectivity index (χ1) is 13.7. The number of likely N-dealkylation sites (tertiary alicyclic amines) is 1. The van der Waals surface area contributed by atoms with Crippen molar-refractivity contribution in [1.82, 2.24) is 14.9 Å². The Kier molecular flexibility index (Phi) is 6.31. The van der Waals surface area contributed by atoms with Gasteiger partial charge in [-0.15, -0.1) is 22.7 Å². The number of piperidine rings is 1. The van der Waals surface area contributed by atoms with E-state index in [1.807, 2.05) is 29.6 Å². The minimum absolute atomic E-state index is 0.00548. The molecule has 4 rings (SSSR count). The van der Waals surface area contributed by atoms with Crippen LogP contribution in [0.4, 0.5) is 5.13 Å². The number of benzene rings is 1. The number of aromatic nitrogens is 2. The highest BCUT2D eigenvalue weighted by atomic mass is 32.1. The highest BCUT2D eigenvalue weighted by Gasteiger charge is 2.17. The van der Waals surface area contributed by atoms with Crippen LogP contribution < -0.4 is 5.32 Å². The first kappa shape index (κ1) is 19.4. The van der Waals surface area contributed by atoms with E-state index >= 15 is 0 Å². The summed E-state index contributed by atoms with van der Waals surface area (Å²) in [5.41, 5.74) is 1.98. The van der Waals surface area contributed by atoms with Crippen molar-refractivity contribution in [2.75, 3.05) is 25.0 Å². The molecule has 0 spiro atoms. The van der Waals surface area contributed by atoms with Gasteiger partial charge < -0.3 is 4.74 Å². The zero-order valence-electron chi connectivity index (χ0n) is 15.9. The highest BCUT2D eigenvalue weighted by molar-refractivity contribution is 7.18. The van der Waals surface area contributed by atoms with Crippen molar-refractivity contribution < 1.29 is 9.53 Å². The van der Waals surface area contributed by atoms with Gasteiger partial charge >= 0.3 is 0 Å². The van der Waals surface area contributed by atoms with Crippen LogP contribution in [0, 0.1) is 5.92 Å². The summed E-state index contributed by atoms with van der Waals surface area (Å²) in [6.07, 6.45) is 2.56. The Balaban J connectivity index is 1.22. The Labute approximate surface area is 172 Å². The van der Waals surface area contributed by atoms with Crippen molar-refractivity contribution in [2.24, 2.45) is 5.92 Å². The van der Waals surface area contributed by atoms with Crippen LogP contribution in [0.2, 0.25) is 0 Å². The number of para-hydroxylation sites is 1. The van der Waals surface area contributed by atoms with Crippen molar-refractivity contribution in [3.05, 3.63) is 40.3 Å². The zero-order chi connectivity index (χ0) is 19.3. The van der Waals surface area contributed by atoms with Crippen LogP contribution >= 0.6 is 22.7 Å². The molecule has 1 fully saturated rings. The first-order valence-corrected chi connectivity index (χ1v) is 11.2. The number of anilines is 1. The van der Waals surface area contributed by atoms with E-state index in [0.717, 1.165) is 46.5 Å². The largest absolute Gasteiger partial charge is 0.364 e. The number of rotatable bonds is 7. The number of hydrogen-bond donors (Lipinski definition) is 1. The van der Waals surface area contributed by atoms with Crippen molar-refractivity contribution in [3.63, 3.8) is 0 Å². The number of thiazole rings is 2. The molecule has 1 amide bonds. The number of hydrogen-bond acceptors (Lipinski definition) is 7. The average molecular weight is 417 g/mol. The lowest BCUT2D eigenvalue weighted by Gasteiger charge is -2.30. The summed E-state index contributed by atoms with van der Waals surface area (Å²) in [4.78, 5) is 23.6. The molecular formula is C20H24N4O2S2. The fraction of sp³-hybridized carbons (Fsp3) is 0.450. The summed E-state index contributed by atoms with van der Waals surface area (Å²) >= 11 is 3.05. The standard InChI is InChI=1S/C20H24N4O2S2/c1-14-5-4-8-24(9-14)10-15-13-27-20(21-15)23-18(25)11-26-12-19-22-16-6-2-3-7-17(16)28-19/h2-3,6-7,13-14H,4-5,8-12H2,1H3,(H,21,23,25). The number of amides is 1. The maximum Gasteiger partial charge on any atom is 0.252 e. The minimum atomic E-state index is -0.186. The Morgan fingerprint density at radius 3 is 3.11 bits per heavy atom. The lowest BCUT2D eigenvalue weighted by Crippen LogP contribution is -2.33. The molecule has 1 aliphatic heterocycles. The molecule has 2 aromatic heterocycles. The number of ether oxygens (including phenoxy) is 1. The van der Waals surface area contributed by atoms with Gasteiger partial charge in [-0.25, -0.2) is 9.97 Å². The van der Waals surface area contributed by atoms with Gasteiger partial charge in [0.05, 0.1) is 22.5 Å². The second-order valence-electron chi connectivity index (χ2n) is 7.24. The molecule has 1 unspecified atom stereocenters. The maximum absolute atomic E-state index is 12.1. The van der Waals surface area contributed by atoms with Gasteiger partial charge in [0.15, 0.2) is 5.13 Å². The zero-order valence-corrected chi connectivity index (χ0v) is 17.5. The predicted molar refractivity (Wildman–Crippen MR) is 114 cm³/mol. The van der Waals surface area contributed by atoms with Crippen LogP contribution in [0.15, 0.2) is 29.6 Å². The molecule has 6 nitrogen and oxygen atoms in total. The van der Waals surface area contributed by atoms with E-state index in [4.69, 9.17) is 4.74 Å². The first-order valence-electron chi connectivity index (χ1n) is 9.54. The second kappa shape index (κ2) is 9.09. The molecule has 3 heterocycles. The molecule has 1 N–H and O–H groups in total. The molecule has 0 saturated carbocycles. The van der Waals surface area contributed by atoms with E-state index in [0.29, 0.717) is 11.7 Å². The molecular weight excluding hydrogens is 392 g/mol. The summed E-state index contributed by atoms with van der Waals surface area (Å²) in [7, 11) is 0. The van der Waals surface area contributed by atoms with E-state index in [-0.39, 0.29) is 12.5 Å². The predicted octanol–water partition coefficient (Wildman–Crippen LogP) is 4.14. The van der Waals surface area contributed by atoms with Gasteiger partial charge in [-0.05, 0) is 37.4 Å². The Bertz CT molecular complexity index is 906. The summed E-state index contributed by atoms with van der Waals surface area (Å²) in [6, 6.07) is 7.97. The molecule has 148 valence electrons. The van der Waals surface area contributed by atoms with Crippen LogP contribution in [-0.2, 0) is 22.7 Å². The molecule has 0 radical (unpaired) electrons. The summed E-state index contributed by atoms with van der Waals surface area (Å²) in [6.45, 7) is 5.73. The molecule has 0 bridgehead atoms. The van der Waals surface area contributed by atoms with Gasteiger partial charge in [0.2, 0.25) is 0 Å². The SMILES string of the molecule is CC1CCCN(Cc2csc(NC(=O)COCc3nc4ccccc4s3)n2)C1. The summed E-state index contributed by atoms with van der Waals surface area (Å²) < 4.78 is 6.66. The molecule has 8 heteroatoms. The summed E-state index contributed by atoms with van der Waals surface area (Å²) in [5.74, 6) is 0.563. The molecule has 1 aromatic carbocycles. The van der Waals surface area contributed by atoms with Gasteiger partial charge in [-0.3, -0.25) is 15.0 Å². The monoisotopic (exact) mass is 416 g/mol. The van der Waals surface area contributed by atoms with Crippen LogP contribution in [0.3, 0.4) is 0 Å². The molecule has 1 saturated heterocycles. The van der Waals surface area contributed by atoms with Crippen molar-refractivity contribution in [1.29, 1.82) is 0 Å². The fourth-order valence-electron chi connectivity index (χ4n) is 3.46. The molecule has 28 heavy (non-hydrogen) atoms. The van der Waals surface area contributed by atoms with E-state index in [9.17, 15) is 4.79 Å².